The van der Waals surface area contributed by atoms with Gasteiger partial charge < -0.3 is 9.64 Å². The van der Waals surface area contributed by atoms with E-state index in [2.05, 4.69) is 22.0 Å². The lowest BCUT2D eigenvalue weighted by Gasteiger charge is -2.40. The van der Waals surface area contributed by atoms with E-state index in [1.165, 1.54) is 0 Å². The molecular weight excluding hydrogens is 386 g/mol. The van der Waals surface area contributed by atoms with Crippen molar-refractivity contribution in [3.05, 3.63) is 84.2 Å². The Morgan fingerprint density at radius 2 is 1.68 bits per heavy atom. The van der Waals surface area contributed by atoms with Crippen LogP contribution in [0.2, 0.25) is 0 Å². The van der Waals surface area contributed by atoms with Crippen molar-refractivity contribution in [1.82, 2.24) is 14.9 Å². The largest absolute Gasteiger partial charge is 0.381 e. The molecule has 3 aromatic rings. The Bertz CT molecular complexity index is 1030. The van der Waals surface area contributed by atoms with Crippen LogP contribution in [0, 0.1) is 0 Å². The van der Waals surface area contributed by atoms with Gasteiger partial charge in [-0.05, 0) is 37.3 Å². The Balaban J connectivity index is 1.48. The first kappa shape index (κ1) is 19.9. The standard InChI is InChI=1S/C26H27N3O2/c30-25(26(14-18-31-19-15-26)21-10-5-2-6-11-21)29-17-7-12-23(29)22-13-16-27-24(28-22)20-8-3-1-4-9-20/h1-6,8-11,13,16,23H,7,12,14-15,17-19H2/t23-/m0/s1. The number of ether oxygens (including phenoxy) is 1. The van der Waals surface area contributed by atoms with Gasteiger partial charge in [-0.2, -0.15) is 0 Å². The van der Waals surface area contributed by atoms with E-state index >= 15 is 0 Å². The maximum Gasteiger partial charge on any atom is 0.233 e. The number of benzene rings is 2. The van der Waals surface area contributed by atoms with Crippen molar-refractivity contribution < 1.29 is 9.53 Å². The van der Waals surface area contributed by atoms with Gasteiger partial charge in [-0.3, -0.25) is 4.79 Å². The number of carbonyl (C=O) groups excluding carboxylic acids is 1. The van der Waals surface area contributed by atoms with Crippen LogP contribution < -0.4 is 0 Å². The second-order valence-electron chi connectivity index (χ2n) is 8.39. The molecule has 2 aliphatic rings. The molecule has 2 aromatic carbocycles. The first-order valence-electron chi connectivity index (χ1n) is 11.1. The van der Waals surface area contributed by atoms with Crippen LogP contribution >= 0.6 is 0 Å². The highest BCUT2D eigenvalue weighted by molar-refractivity contribution is 5.89. The Morgan fingerprint density at radius 1 is 0.968 bits per heavy atom. The van der Waals surface area contributed by atoms with E-state index in [-0.39, 0.29) is 11.9 Å². The lowest BCUT2D eigenvalue weighted by molar-refractivity contribution is -0.142. The summed E-state index contributed by atoms with van der Waals surface area (Å²) in [6, 6.07) is 22.2. The fourth-order valence-corrected chi connectivity index (χ4v) is 4.98. The molecule has 31 heavy (non-hydrogen) atoms. The molecule has 0 aliphatic carbocycles. The summed E-state index contributed by atoms with van der Waals surface area (Å²) >= 11 is 0. The number of hydrogen-bond acceptors (Lipinski definition) is 4. The number of carbonyl (C=O) groups is 1. The molecule has 1 amide bonds. The summed E-state index contributed by atoms with van der Waals surface area (Å²) in [5.41, 5.74) is 2.50. The third kappa shape index (κ3) is 3.74. The summed E-state index contributed by atoms with van der Waals surface area (Å²) in [6.07, 6.45) is 5.17. The molecule has 0 unspecified atom stereocenters. The predicted molar refractivity (Wildman–Crippen MR) is 119 cm³/mol. The average Bonchev–Trinajstić information content (AvgIpc) is 3.35. The van der Waals surface area contributed by atoms with Crippen LogP contribution in [0.3, 0.4) is 0 Å². The van der Waals surface area contributed by atoms with Crippen molar-refractivity contribution in [3.63, 3.8) is 0 Å². The minimum absolute atomic E-state index is 0.0126. The van der Waals surface area contributed by atoms with Gasteiger partial charge in [0.05, 0.1) is 17.2 Å². The molecule has 0 radical (unpaired) electrons. The maximum atomic E-state index is 14.1. The molecule has 158 valence electrons. The first-order chi connectivity index (χ1) is 15.3. The van der Waals surface area contributed by atoms with Gasteiger partial charge in [0.1, 0.15) is 0 Å². The number of aromatic nitrogens is 2. The molecule has 5 nitrogen and oxygen atoms in total. The van der Waals surface area contributed by atoms with Gasteiger partial charge in [-0.1, -0.05) is 60.7 Å². The van der Waals surface area contributed by atoms with Gasteiger partial charge in [0.15, 0.2) is 5.82 Å². The number of hydrogen-bond donors (Lipinski definition) is 0. The molecular formula is C26H27N3O2. The van der Waals surface area contributed by atoms with Crippen molar-refractivity contribution in [1.29, 1.82) is 0 Å². The molecule has 5 heteroatoms. The predicted octanol–water partition coefficient (Wildman–Crippen LogP) is 4.56. The van der Waals surface area contributed by atoms with E-state index < -0.39 is 5.41 Å². The number of amides is 1. The van der Waals surface area contributed by atoms with Crippen molar-refractivity contribution in [2.24, 2.45) is 0 Å². The SMILES string of the molecule is O=C(N1CCC[C@H]1c1ccnc(-c2ccccc2)n1)C1(c2ccccc2)CCOCC1. The van der Waals surface area contributed by atoms with Crippen LogP contribution in [-0.2, 0) is 14.9 Å². The topological polar surface area (TPSA) is 55.3 Å². The van der Waals surface area contributed by atoms with Crippen LogP contribution in [0.1, 0.15) is 43.0 Å². The number of likely N-dealkylation sites (tertiary alicyclic amines) is 1. The van der Waals surface area contributed by atoms with Crippen molar-refractivity contribution in [2.45, 2.75) is 37.1 Å². The second kappa shape index (κ2) is 8.60. The number of nitrogens with zero attached hydrogens (tertiary/aromatic N) is 3. The Labute approximate surface area is 183 Å². The quantitative estimate of drug-likeness (QED) is 0.629. The van der Waals surface area contributed by atoms with E-state index in [1.54, 1.807) is 0 Å². The lowest BCUT2D eigenvalue weighted by atomic mass is 9.73. The molecule has 2 saturated heterocycles. The molecule has 0 bridgehead atoms. The van der Waals surface area contributed by atoms with E-state index in [1.807, 2.05) is 60.8 Å². The van der Waals surface area contributed by atoms with Crippen molar-refractivity contribution in [2.75, 3.05) is 19.8 Å². The second-order valence-corrected chi connectivity index (χ2v) is 8.39. The van der Waals surface area contributed by atoms with Gasteiger partial charge in [0.2, 0.25) is 5.91 Å². The summed E-state index contributed by atoms with van der Waals surface area (Å²) in [4.78, 5) is 25.5. The fourth-order valence-electron chi connectivity index (χ4n) is 4.98. The van der Waals surface area contributed by atoms with E-state index in [4.69, 9.17) is 9.72 Å². The lowest BCUT2D eigenvalue weighted by Crippen LogP contribution is -2.49. The first-order valence-corrected chi connectivity index (χ1v) is 11.1. The van der Waals surface area contributed by atoms with Gasteiger partial charge in [-0.15, -0.1) is 0 Å². The molecule has 2 aliphatic heterocycles. The molecule has 3 heterocycles. The monoisotopic (exact) mass is 413 g/mol. The molecule has 0 saturated carbocycles. The molecule has 0 N–H and O–H groups in total. The minimum atomic E-state index is -0.516. The highest BCUT2D eigenvalue weighted by atomic mass is 16.5. The van der Waals surface area contributed by atoms with Crippen LogP contribution in [0.4, 0.5) is 0 Å². The minimum Gasteiger partial charge on any atom is -0.381 e. The Morgan fingerprint density at radius 3 is 2.42 bits per heavy atom. The van der Waals surface area contributed by atoms with E-state index in [9.17, 15) is 4.79 Å². The summed E-state index contributed by atoms with van der Waals surface area (Å²) in [5, 5.41) is 0. The van der Waals surface area contributed by atoms with Crippen LogP contribution in [-0.4, -0.2) is 40.5 Å². The van der Waals surface area contributed by atoms with Crippen LogP contribution in [0.15, 0.2) is 72.9 Å². The smallest absolute Gasteiger partial charge is 0.233 e. The third-order valence-electron chi connectivity index (χ3n) is 6.65. The highest BCUT2D eigenvalue weighted by Gasteiger charge is 2.46. The summed E-state index contributed by atoms with van der Waals surface area (Å²) in [7, 11) is 0. The molecule has 5 rings (SSSR count). The maximum absolute atomic E-state index is 14.1. The van der Waals surface area contributed by atoms with Gasteiger partial charge in [0, 0.05) is 31.5 Å². The van der Waals surface area contributed by atoms with Crippen molar-refractivity contribution in [3.8, 4) is 11.4 Å². The third-order valence-corrected chi connectivity index (χ3v) is 6.65. The molecule has 2 fully saturated rings. The summed E-state index contributed by atoms with van der Waals surface area (Å²) in [6.45, 7) is 2.00. The van der Waals surface area contributed by atoms with Crippen LogP contribution in [0.25, 0.3) is 11.4 Å². The zero-order chi connectivity index (χ0) is 21.1. The fraction of sp³-hybridized carbons (Fsp3) is 0.346. The van der Waals surface area contributed by atoms with Crippen LogP contribution in [0.5, 0.6) is 0 Å². The molecule has 0 spiro atoms. The molecule has 1 aromatic heterocycles. The van der Waals surface area contributed by atoms with Gasteiger partial charge >= 0.3 is 0 Å². The Hall–Kier alpha value is -3.05. The van der Waals surface area contributed by atoms with E-state index in [0.717, 1.165) is 49.0 Å². The normalized spacial score (nSPS) is 20.5. The number of rotatable bonds is 4. The van der Waals surface area contributed by atoms with E-state index in [0.29, 0.717) is 19.0 Å². The summed E-state index contributed by atoms with van der Waals surface area (Å²) < 4.78 is 5.64. The zero-order valence-electron chi connectivity index (χ0n) is 17.6. The van der Waals surface area contributed by atoms with Gasteiger partial charge in [-0.25, -0.2) is 9.97 Å². The van der Waals surface area contributed by atoms with Crippen molar-refractivity contribution >= 4 is 5.91 Å². The zero-order valence-corrected chi connectivity index (χ0v) is 17.6. The average molecular weight is 414 g/mol. The highest BCUT2D eigenvalue weighted by Crippen LogP contribution is 2.41. The van der Waals surface area contributed by atoms with Gasteiger partial charge in [0.25, 0.3) is 0 Å². The summed E-state index contributed by atoms with van der Waals surface area (Å²) in [5.74, 6) is 0.922. The Kier molecular flexibility index (Phi) is 5.51. The molecule has 1 atom stereocenters.